The summed E-state index contributed by atoms with van der Waals surface area (Å²) in [6.07, 6.45) is 7.08. The van der Waals surface area contributed by atoms with E-state index in [-0.39, 0.29) is 48.7 Å². The minimum absolute atomic E-state index is 0.0190. The number of fused-ring (bicyclic) bond motifs is 6. The molecule has 4 aliphatic carbocycles. The van der Waals surface area contributed by atoms with Crippen molar-refractivity contribution in [2.75, 3.05) is 9.80 Å². The molecule has 0 spiro atoms. The van der Waals surface area contributed by atoms with E-state index in [1.54, 1.807) is 0 Å². The number of hydrogen-bond donors (Lipinski definition) is 0. The predicted molar refractivity (Wildman–Crippen MR) is 321 cm³/mol. The summed E-state index contributed by atoms with van der Waals surface area (Å²) in [5, 5.41) is 0. The van der Waals surface area contributed by atoms with Gasteiger partial charge >= 0.3 is 0 Å². The fraction of sp³-hybridized carbons (Fsp3) is 0.500. The third-order valence-corrected chi connectivity index (χ3v) is 19.6. The maximum atomic E-state index is 2.66. The van der Waals surface area contributed by atoms with Crippen molar-refractivity contribution in [3.63, 3.8) is 0 Å². The summed E-state index contributed by atoms with van der Waals surface area (Å²) in [5.74, 6) is 0. The molecule has 0 atom stereocenters. The van der Waals surface area contributed by atoms with Gasteiger partial charge in [-0.15, -0.1) is 0 Å². The highest BCUT2D eigenvalue weighted by Crippen LogP contribution is 2.57. The zero-order valence-electron chi connectivity index (χ0n) is 50.0. The van der Waals surface area contributed by atoms with Crippen LogP contribution in [0.4, 0.5) is 34.1 Å². The van der Waals surface area contributed by atoms with Crippen LogP contribution >= 0.6 is 0 Å². The lowest BCUT2D eigenvalue weighted by Gasteiger charge is -2.44. The highest BCUT2D eigenvalue weighted by atomic mass is 15.2. The summed E-state index contributed by atoms with van der Waals surface area (Å²) in [6, 6.07) is 42.3. The Kier molecular flexibility index (Phi) is 11.8. The van der Waals surface area contributed by atoms with Crippen LogP contribution in [0.2, 0.25) is 0 Å². The molecule has 0 N–H and O–H groups in total. The van der Waals surface area contributed by atoms with E-state index in [2.05, 4.69) is 258 Å². The van der Waals surface area contributed by atoms with Crippen molar-refractivity contribution in [1.29, 1.82) is 0 Å². The minimum atomic E-state index is -0.148. The molecular formula is C72H92N2. The summed E-state index contributed by atoms with van der Waals surface area (Å²) >= 11 is 0. The molecule has 4 aliphatic rings. The summed E-state index contributed by atoms with van der Waals surface area (Å²) in [4.78, 5) is 5.29. The lowest BCUT2D eigenvalue weighted by Crippen LogP contribution is -2.34. The Morgan fingerprint density at radius 2 is 0.757 bits per heavy atom. The van der Waals surface area contributed by atoms with Crippen LogP contribution in [-0.4, -0.2) is 0 Å². The molecule has 2 nitrogen and oxygen atoms in total. The van der Waals surface area contributed by atoms with E-state index in [1.807, 2.05) is 0 Å². The van der Waals surface area contributed by atoms with Crippen molar-refractivity contribution < 1.29 is 0 Å². The van der Waals surface area contributed by atoms with Crippen LogP contribution in [0.1, 0.15) is 238 Å². The van der Waals surface area contributed by atoms with Gasteiger partial charge in [-0.3, -0.25) is 0 Å². The van der Waals surface area contributed by atoms with Crippen LogP contribution in [-0.2, 0) is 48.7 Å². The Labute approximate surface area is 449 Å². The van der Waals surface area contributed by atoms with Crippen LogP contribution in [0.5, 0.6) is 0 Å². The molecule has 0 bridgehead atoms. The zero-order valence-corrected chi connectivity index (χ0v) is 50.0. The molecule has 0 amide bonds. The number of nitrogens with zero attached hydrogens (tertiary/aromatic N) is 2. The van der Waals surface area contributed by atoms with E-state index in [0.29, 0.717) is 0 Å². The first-order chi connectivity index (χ1) is 34.1. The quantitative estimate of drug-likeness (QED) is 0.164. The maximum absolute atomic E-state index is 2.66. The minimum Gasteiger partial charge on any atom is -0.310 e. The second-order valence-electron chi connectivity index (χ2n) is 30.4. The van der Waals surface area contributed by atoms with E-state index >= 15 is 0 Å². The average Bonchev–Trinajstić information content (AvgIpc) is 3.53. The van der Waals surface area contributed by atoms with Crippen LogP contribution in [0, 0.1) is 6.92 Å². The van der Waals surface area contributed by atoms with Gasteiger partial charge in [0.05, 0.1) is 0 Å². The summed E-state index contributed by atoms with van der Waals surface area (Å²) in [6.45, 7) is 51.1. The molecule has 6 aromatic rings. The number of aryl methyl sites for hydroxylation is 1. The molecule has 74 heavy (non-hydrogen) atoms. The standard InChI is InChI=1S/C72H92N2/c1-45-37-58-61(71(18,19)36-35-68(58,12)13)44-62(45)74(47-25-28-53-52(41-47)63-56(65(5,6)7)23-22-24-57(63)72(53,20)21)51-39-46(64(2,3)4)38-50(40-51)73(48-26-29-54-59(42-48)69(14,15)33-31-66(54,8)9)49-27-30-55-60(43-49)70(16,17)34-32-67(55,10)11/h22-30,37-44H,31-36H2,1-21H3. The highest BCUT2D eigenvalue weighted by molar-refractivity contribution is 5.91. The van der Waals surface area contributed by atoms with E-state index in [9.17, 15) is 0 Å². The summed E-state index contributed by atoms with van der Waals surface area (Å²) < 4.78 is 0. The Morgan fingerprint density at radius 3 is 1.22 bits per heavy atom. The fourth-order valence-electron chi connectivity index (χ4n) is 14.1. The zero-order chi connectivity index (χ0) is 53.9. The number of rotatable bonds is 6. The molecule has 0 aromatic heterocycles. The number of anilines is 6. The van der Waals surface area contributed by atoms with Crippen molar-refractivity contribution in [3.8, 4) is 11.1 Å². The molecule has 0 fully saturated rings. The Bertz CT molecular complexity index is 3160. The Morgan fingerprint density at radius 1 is 0.351 bits per heavy atom. The van der Waals surface area contributed by atoms with Gasteiger partial charge in [-0.25, -0.2) is 0 Å². The largest absolute Gasteiger partial charge is 0.310 e. The van der Waals surface area contributed by atoms with E-state index in [1.165, 1.54) is 139 Å². The monoisotopic (exact) mass is 985 g/mol. The number of benzene rings is 6. The lowest BCUT2D eigenvalue weighted by atomic mass is 9.63. The van der Waals surface area contributed by atoms with E-state index in [0.717, 1.165) is 6.42 Å². The van der Waals surface area contributed by atoms with Crippen LogP contribution in [0.25, 0.3) is 11.1 Å². The molecule has 390 valence electrons. The number of hydrogen-bond acceptors (Lipinski definition) is 2. The van der Waals surface area contributed by atoms with Crippen molar-refractivity contribution in [2.45, 2.75) is 233 Å². The van der Waals surface area contributed by atoms with Gasteiger partial charge in [-0.2, -0.15) is 0 Å². The summed E-state index contributed by atoms with van der Waals surface area (Å²) in [5.41, 5.74) is 26.1. The van der Waals surface area contributed by atoms with Crippen molar-refractivity contribution in [3.05, 3.63) is 164 Å². The van der Waals surface area contributed by atoms with Crippen molar-refractivity contribution in [2.24, 2.45) is 0 Å². The predicted octanol–water partition coefficient (Wildman–Crippen LogP) is 20.9. The molecule has 0 heterocycles. The molecule has 6 aromatic carbocycles. The third kappa shape index (κ3) is 8.50. The van der Waals surface area contributed by atoms with Crippen LogP contribution in [0.15, 0.2) is 103 Å². The SMILES string of the molecule is Cc1cc2c(cc1N(c1cc(N(c3ccc4c(c3)C(C)(C)CCC4(C)C)c3ccc4c(c3)C(C)(C)CCC4(C)C)cc(C(C)(C)C)c1)c1ccc3c(c1)-c1c(C(C)(C)C)cccc1C3(C)C)C(C)(C)CCC2(C)C. The third-order valence-electron chi connectivity index (χ3n) is 19.6. The van der Waals surface area contributed by atoms with Crippen LogP contribution < -0.4 is 9.80 Å². The first kappa shape index (κ1) is 52.4. The van der Waals surface area contributed by atoms with E-state index in [4.69, 9.17) is 0 Å². The van der Waals surface area contributed by atoms with Gasteiger partial charge in [0.1, 0.15) is 0 Å². The molecule has 0 saturated heterocycles. The summed E-state index contributed by atoms with van der Waals surface area (Å²) in [7, 11) is 0. The van der Waals surface area contributed by atoms with E-state index < -0.39 is 0 Å². The Balaban J connectivity index is 1.29. The average molecular weight is 986 g/mol. The topological polar surface area (TPSA) is 6.48 Å². The smallest absolute Gasteiger partial charge is 0.0493 e. The molecule has 0 aliphatic heterocycles. The van der Waals surface area contributed by atoms with Crippen molar-refractivity contribution >= 4 is 34.1 Å². The molecule has 2 heteroatoms. The fourth-order valence-corrected chi connectivity index (χ4v) is 14.1. The highest BCUT2D eigenvalue weighted by Gasteiger charge is 2.43. The van der Waals surface area contributed by atoms with Gasteiger partial charge in [0.25, 0.3) is 0 Å². The maximum Gasteiger partial charge on any atom is 0.0493 e. The van der Waals surface area contributed by atoms with Crippen LogP contribution in [0.3, 0.4) is 0 Å². The second kappa shape index (κ2) is 16.7. The second-order valence-corrected chi connectivity index (χ2v) is 30.4. The van der Waals surface area contributed by atoms with Gasteiger partial charge in [-0.1, -0.05) is 181 Å². The first-order valence-electron chi connectivity index (χ1n) is 28.6. The van der Waals surface area contributed by atoms with Gasteiger partial charge in [-0.05, 0) is 222 Å². The molecule has 0 radical (unpaired) electrons. The molecular weight excluding hydrogens is 893 g/mol. The first-order valence-corrected chi connectivity index (χ1v) is 28.6. The van der Waals surface area contributed by atoms with Crippen molar-refractivity contribution in [1.82, 2.24) is 0 Å². The van der Waals surface area contributed by atoms with Gasteiger partial charge < -0.3 is 9.80 Å². The lowest BCUT2D eigenvalue weighted by molar-refractivity contribution is 0.332. The normalized spacial score (nSPS) is 20.1. The van der Waals surface area contributed by atoms with Gasteiger partial charge in [0, 0.05) is 39.5 Å². The molecule has 10 rings (SSSR count). The Hall–Kier alpha value is -5.08. The van der Waals surface area contributed by atoms with Gasteiger partial charge in [0.15, 0.2) is 0 Å². The molecule has 0 unspecified atom stereocenters. The van der Waals surface area contributed by atoms with Gasteiger partial charge in [0.2, 0.25) is 0 Å². The molecule has 0 saturated carbocycles.